The first-order valence-corrected chi connectivity index (χ1v) is 7.51. The Hall–Kier alpha value is -1.32. The lowest BCUT2D eigenvalue weighted by Crippen LogP contribution is -2.12. The van der Waals surface area contributed by atoms with Crippen LogP contribution in [0.1, 0.15) is 53.4 Å². The van der Waals surface area contributed by atoms with Crippen LogP contribution in [-0.2, 0) is 19.1 Å². The maximum absolute atomic E-state index is 11.4. The van der Waals surface area contributed by atoms with Gasteiger partial charge >= 0.3 is 11.9 Å². The number of hydrogen-bond donors (Lipinski definition) is 0. The Balaban J connectivity index is 3.85. The lowest BCUT2D eigenvalue weighted by atomic mass is 10.1. The molecule has 0 rings (SSSR count). The van der Waals surface area contributed by atoms with Crippen LogP contribution in [0.5, 0.6) is 0 Å². The fraction of sp³-hybridized carbons (Fsp3) is 0.750. The molecule has 4 nitrogen and oxygen atoms in total. The first-order valence-electron chi connectivity index (χ1n) is 7.51. The molecule has 0 aromatic rings. The Morgan fingerprint density at radius 2 is 1.20 bits per heavy atom. The Labute approximate surface area is 122 Å². The molecule has 0 amide bonds. The highest BCUT2D eigenvalue weighted by atomic mass is 16.5. The molecule has 0 heterocycles. The number of carbonyl (C=O) groups excluding carboxylic acids is 2. The van der Waals surface area contributed by atoms with Crippen molar-refractivity contribution in [2.45, 2.75) is 53.4 Å². The maximum atomic E-state index is 11.4. The molecule has 0 aliphatic heterocycles. The van der Waals surface area contributed by atoms with E-state index in [4.69, 9.17) is 9.47 Å². The highest BCUT2D eigenvalue weighted by Crippen LogP contribution is 2.06. The van der Waals surface area contributed by atoms with Crippen LogP contribution in [0.15, 0.2) is 12.2 Å². The van der Waals surface area contributed by atoms with Crippen molar-refractivity contribution in [3.05, 3.63) is 12.2 Å². The molecule has 0 aliphatic rings. The van der Waals surface area contributed by atoms with Crippen LogP contribution in [0.3, 0.4) is 0 Å². The summed E-state index contributed by atoms with van der Waals surface area (Å²) in [5, 5.41) is 0. The van der Waals surface area contributed by atoms with Gasteiger partial charge in [-0.2, -0.15) is 0 Å². The smallest absolute Gasteiger partial charge is 0.331 e. The highest BCUT2D eigenvalue weighted by Gasteiger charge is 2.06. The van der Waals surface area contributed by atoms with Crippen molar-refractivity contribution in [2.24, 2.45) is 11.8 Å². The number of hydrogen-bond acceptors (Lipinski definition) is 4. The Kier molecular flexibility index (Phi) is 10.7. The van der Waals surface area contributed by atoms with E-state index in [0.29, 0.717) is 25.0 Å². The summed E-state index contributed by atoms with van der Waals surface area (Å²) in [6, 6.07) is 0. The van der Waals surface area contributed by atoms with Crippen LogP contribution in [0.2, 0.25) is 0 Å². The first-order chi connectivity index (χ1) is 9.49. The quantitative estimate of drug-likeness (QED) is 0.455. The van der Waals surface area contributed by atoms with Gasteiger partial charge in [-0.3, -0.25) is 0 Å². The molecule has 0 saturated heterocycles. The van der Waals surface area contributed by atoms with Crippen LogP contribution in [0.25, 0.3) is 0 Å². The molecule has 0 fully saturated rings. The van der Waals surface area contributed by atoms with E-state index in [1.807, 2.05) is 13.8 Å². The summed E-state index contributed by atoms with van der Waals surface area (Å²) in [6.45, 7) is 9.02. The fourth-order valence-electron chi connectivity index (χ4n) is 1.83. The fourth-order valence-corrected chi connectivity index (χ4v) is 1.83. The Morgan fingerprint density at radius 3 is 1.50 bits per heavy atom. The second-order valence-electron chi connectivity index (χ2n) is 5.38. The van der Waals surface area contributed by atoms with E-state index in [1.165, 1.54) is 0 Å². The Bertz CT molecular complexity index is 280. The molecular formula is C16H28O4. The molecule has 0 saturated carbocycles. The predicted molar refractivity (Wildman–Crippen MR) is 79.2 cm³/mol. The van der Waals surface area contributed by atoms with Crippen LogP contribution in [-0.4, -0.2) is 25.2 Å². The normalized spacial score (nSPS) is 14.0. The summed E-state index contributed by atoms with van der Waals surface area (Å²) in [5.41, 5.74) is 0. The van der Waals surface area contributed by atoms with Crippen LogP contribution in [0, 0.1) is 11.8 Å². The second-order valence-corrected chi connectivity index (χ2v) is 5.38. The lowest BCUT2D eigenvalue weighted by Gasteiger charge is -2.10. The van der Waals surface area contributed by atoms with Crippen LogP contribution in [0.4, 0.5) is 0 Å². The molecule has 0 aromatic heterocycles. The van der Waals surface area contributed by atoms with E-state index >= 15 is 0 Å². The average molecular weight is 284 g/mol. The second kappa shape index (κ2) is 11.5. The average Bonchev–Trinajstić information content (AvgIpc) is 2.41. The third-order valence-electron chi connectivity index (χ3n) is 2.94. The summed E-state index contributed by atoms with van der Waals surface area (Å²) in [7, 11) is 0. The van der Waals surface area contributed by atoms with Gasteiger partial charge in [0, 0.05) is 12.2 Å². The van der Waals surface area contributed by atoms with Crippen molar-refractivity contribution in [2.75, 3.05) is 13.2 Å². The summed E-state index contributed by atoms with van der Waals surface area (Å²) < 4.78 is 10.1. The molecule has 116 valence electrons. The largest absolute Gasteiger partial charge is 0.462 e. The van der Waals surface area contributed by atoms with E-state index in [-0.39, 0.29) is 0 Å². The number of rotatable bonds is 10. The molecule has 0 aliphatic carbocycles. The molecule has 0 aromatic carbocycles. The molecule has 0 spiro atoms. The van der Waals surface area contributed by atoms with Crippen molar-refractivity contribution >= 4 is 11.9 Å². The van der Waals surface area contributed by atoms with Crippen molar-refractivity contribution in [3.63, 3.8) is 0 Å². The van der Waals surface area contributed by atoms with Gasteiger partial charge in [0.1, 0.15) is 0 Å². The van der Waals surface area contributed by atoms with Crippen molar-refractivity contribution in [3.8, 4) is 0 Å². The van der Waals surface area contributed by atoms with E-state index in [1.54, 1.807) is 0 Å². The van der Waals surface area contributed by atoms with Crippen LogP contribution < -0.4 is 0 Å². The SMILES string of the molecule is CCCC(C)COC(=O)/C=C\C(=O)OCC(C)CCC. The Morgan fingerprint density at radius 1 is 0.850 bits per heavy atom. The topological polar surface area (TPSA) is 52.6 Å². The van der Waals surface area contributed by atoms with Gasteiger partial charge in [-0.15, -0.1) is 0 Å². The predicted octanol–water partition coefficient (Wildman–Crippen LogP) is 3.50. The molecule has 4 heteroatoms. The summed E-state index contributed by atoms with van der Waals surface area (Å²) >= 11 is 0. The molecule has 0 N–H and O–H groups in total. The highest BCUT2D eigenvalue weighted by molar-refractivity contribution is 5.91. The minimum atomic E-state index is -0.494. The maximum Gasteiger partial charge on any atom is 0.331 e. The number of carbonyl (C=O) groups is 2. The first kappa shape index (κ1) is 18.7. The summed E-state index contributed by atoms with van der Waals surface area (Å²) in [5.74, 6) is -0.295. The zero-order valence-electron chi connectivity index (χ0n) is 13.2. The monoisotopic (exact) mass is 284 g/mol. The van der Waals surface area contributed by atoms with Gasteiger partial charge in [0.15, 0.2) is 0 Å². The lowest BCUT2D eigenvalue weighted by molar-refractivity contribution is -0.141. The van der Waals surface area contributed by atoms with Crippen molar-refractivity contribution in [1.82, 2.24) is 0 Å². The molecule has 20 heavy (non-hydrogen) atoms. The molecular weight excluding hydrogens is 256 g/mol. The summed E-state index contributed by atoms with van der Waals surface area (Å²) in [4.78, 5) is 22.8. The number of esters is 2. The zero-order chi connectivity index (χ0) is 15.4. The minimum Gasteiger partial charge on any atom is -0.462 e. The van der Waals surface area contributed by atoms with E-state index in [0.717, 1.165) is 37.8 Å². The van der Waals surface area contributed by atoms with E-state index in [9.17, 15) is 9.59 Å². The van der Waals surface area contributed by atoms with Gasteiger partial charge in [0.2, 0.25) is 0 Å². The third-order valence-corrected chi connectivity index (χ3v) is 2.94. The van der Waals surface area contributed by atoms with Gasteiger partial charge < -0.3 is 9.47 Å². The van der Waals surface area contributed by atoms with Crippen molar-refractivity contribution in [1.29, 1.82) is 0 Å². The number of ether oxygens (including phenoxy) is 2. The van der Waals surface area contributed by atoms with E-state index < -0.39 is 11.9 Å². The van der Waals surface area contributed by atoms with Gasteiger partial charge in [-0.05, 0) is 24.7 Å². The zero-order valence-corrected chi connectivity index (χ0v) is 13.2. The van der Waals surface area contributed by atoms with Gasteiger partial charge in [-0.25, -0.2) is 9.59 Å². The third kappa shape index (κ3) is 10.6. The van der Waals surface area contributed by atoms with Crippen LogP contribution >= 0.6 is 0 Å². The minimum absolute atomic E-state index is 0.346. The van der Waals surface area contributed by atoms with Gasteiger partial charge in [0.05, 0.1) is 13.2 Å². The standard InChI is InChI=1S/C16H28O4/c1-5-7-13(3)11-19-15(17)9-10-16(18)20-12-14(4)8-6-2/h9-10,13-14H,5-8,11-12H2,1-4H3/b10-9-. The molecule has 2 atom stereocenters. The summed E-state index contributed by atoms with van der Waals surface area (Å²) in [6.07, 6.45) is 6.44. The molecule has 0 radical (unpaired) electrons. The van der Waals surface area contributed by atoms with Gasteiger partial charge in [0.25, 0.3) is 0 Å². The van der Waals surface area contributed by atoms with Gasteiger partial charge in [-0.1, -0.05) is 40.5 Å². The van der Waals surface area contributed by atoms with Crippen molar-refractivity contribution < 1.29 is 19.1 Å². The molecule has 0 bridgehead atoms. The van der Waals surface area contributed by atoms with E-state index in [2.05, 4.69) is 13.8 Å². The molecule has 2 unspecified atom stereocenters.